The Kier molecular flexibility index (Phi) is 5.98. The maximum Gasteiger partial charge on any atom is 0.333 e. The van der Waals surface area contributed by atoms with Crippen molar-refractivity contribution in [3.63, 3.8) is 0 Å². The summed E-state index contributed by atoms with van der Waals surface area (Å²) >= 11 is 0. The van der Waals surface area contributed by atoms with Crippen molar-refractivity contribution in [2.45, 2.75) is 66.5 Å². The second kappa shape index (κ2) is 7.26. The second-order valence-corrected chi connectivity index (χ2v) is 5.78. The van der Waals surface area contributed by atoms with Gasteiger partial charge in [-0.25, -0.2) is 4.68 Å². The molecule has 114 valence electrons. The van der Waals surface area contributed by atoms with Gasteiger partial charge in [0.25, 0.3) is 0 Å². The lowest BCUT2D eigenvalue weighted by Crippen LogP contribution is -2.19. The van der Waals surface area contributed by atoms with Gasteiger partial charge in [0, 0.05) is 12.6 Å². The SMILES string of the molecule is CCCn1nc(C)c([N+](=O)[O-])c1NC(C)CCC(C)C. The number of nitrogens with zero attached hydrogens (tertiary/aromatic N) is 3. The zero-order chi connectivity index (χ0) is 15.3. The second-order valence-electron chi connectivity index (χ2n) is 5.78. The maximum atomic E-state index is 11.2. The minimum atomic E-state index is -0.341. The van der Waals surface area contributed by atoms with E-state index in [1.807, 2.05) is 6.92 Å². The van der Waals surface area contributed by atoms with Gasteiger partial charge in [0.05, 0.1) is 4.92 Å². The molecule has 6 heteroatoms. The summed E-state index contributed by atoms with van der Waals surface area (Å²) < 4.78 is 1.72. The summed E-state index contributed by atoms with van der Waals surface area (Å²) in [6, 6.07) is 0.197. The smallest absolute Gasteiger partial charge is 0.333 e. The maximum absolute atomic E-state index is 11.2. The van der Waals surface area contributed by atoms with Crippen LogP contribution in [0.25, 0.3) is 0 Å². The molecule has 0 radical (unpaired) electrons. The van der Waals surface area contributed by atoms with Crippen LogP contribution in [0.5, 0.6) is 0 Å². The highest BCUT2D eigenvalue weighted by molar-refractivity contribution is 5.59. The minimum absolute atomic E-state index is 0.106. The number of aryl methyl sites for hydroxylation is 2. The molecule has 0 amide bonds. The number of hydrogen-bond donors (Lipinski definition) is 1. The molecule has 1 aromatic rings. The third-order valence-corrected chi connectivity index (χ3v) is 3.27. The molecular formula is C14H26N4O2. The Morgan fingerprint density at radius 3 is 2.50 bits per heavy atom. The lowest BCUT2D eigenvalue weighted by Gasteiger charge is -2.16. The Hall–Kier alpha value is -1.59. The van der Waals surface area contributed by atoms with Crippen molar-refractivity contribution in [2.75, 3.05) is 5.32 Å². The van der Waals surface area contributed by atoms with Gasteiger partial charge in [-0.15, -0.1) is 0 Å². The number of nitro groups is 1. The molecule has 0 fully saturated rings. The van der Waals surface area contributed by atoms with Gasteiger partial charge in [-0.05, 0) is 39.0 Å². The van der Waals surface area contributed by atoms with Crippen molar-refractivity contribution in [3.05, 3.63) is 15.8 Å². The van der Waals surface area contributed by atoms with Crippen LogP contribution in [0.1, 0.15) is 52.7 Å². The molecule has 1 aromatic heterocycles. The van der Waals surface area contributed by atoms with E-state index < -0.39 is 0 Å². The molecule has 1 rings (SSSR count). The van der Waals surface area contributed by atoms with E-state index in [1.54, 1.807) is 11.6 Å². The Balaban J connectivity index is 2.92. The van der Waals surface area contributed by atoms with Crippen LogP contribution < -0.4 is 5.32 Å². The summed E-state index contributed by atoms with van der Waals surface area (Å²) in [5.41, 5.74) is 0.580. The van der Waals surface area contributed by atoms with Gasteiger partial charge in [0.2, 0.25) is 5.82 Å². The molecule has 0 aliphatic heterocycles. The van der Waals surface area contributed by atoms with Crippen molar-refractivity contribution in [2.24, 2.45) is 5.92 Å². The number of aromatic nitrogens is 2. The number of hydrogen-bond acceptors (Lipinski definition) is 4. The lowest BCUT2D eigenvalue weighted by atomic mass is 10.0. The molecule has 0 spiro atoms. The van der Waals surface area contributed by atoms with Gasteiger partial charge in [0.15, 0.2) is 0 Å². The molecule has 6 nitrogen and oxygen atoms in total. The molecule has 0 saturated carbocycles. The van der Waals surface area contributed by atoms with Crippen LogP contribution in [0.3, 0.4) is 0 Å². The minimum Gasteiger partial charge on any atom is -0.362 e. The fourth-order valence-corrected chi connectivity index (χ4v) is 2.20. The first kappa shape index (κ1) is 16.5. The topological polar surface area (TPSA) is 73.0 Å². The third kappa shape index (κ3) is 4.21. The molecule has 20 heavy (non-hydrogen) atoms. The summed E-state index contributed by atoms with van der Waals surface area (Å²) in [6.45, 7) is 10.8. The van der Waals surface area contributed by atoms with E-state index in [-0.39, 0.29) is 16.7 Å². The Labute approximate surface area is 120 Å². The van der Waals surface area contributed by atoms with Gasteiger partial charge in [-0.3, -0.25) is 10.1 Å². The molecule has 0 aliphatic carbocycles. The van der Waals surface area contributed by atoms with E-state index in [2.05, 4.69) is 31.2 Å². The van der Waals surface area contributed by atoms with E-state index in [9.17, 15) is 10.1 Å². The zero-order valence-corrected chi connectivity index (χ0v) is 13.1. The molecule has 0 aliphatic rings. The summed E-state index contributed by atoms with van der Waals surface area (Å²) in [6.07, 6.45) is 2.99. The van der Waals surface area contributed by atoms with Gasteiger partial charge in [-0.1, -0.05) is 20.8 Å². The fraction of sp³-hybridized carbons (Fsp3) is 0.786. The van der Waals surface area contributed by atoms with E-state index in [0.717, 1.165) is 19.3 Å². The van der Waals surface area contributed by atoms with Crippen molar-refractivity contribution in [1.29, 1.82) is 0 Å². The number of rotatable bonds is 8. The third-order valence-electron chi connectivity index (χ3n) is 3.27. The van der Waals surface area contributed by atoms with Crippen LogP contribution in [0.15, 0.2) is 0 Å². The van der Waals surface area contributed by atoms with Gasteiger partial charge < -0.3 is 5.32 Å². The highest BCUT2D eigenvalue weighted by Crippen LogP contribution is 2.29. The van der Waals surface area contributed by atoms with Gasteiger partial charge in [0.1, 0.15) is 5.69 Å². The first-order valence-corrected chi connectivity index (χ1v) is 7.35. The zero-order valence-electron chi connectivity index (χ0n) is 13.1. The number of nitrogens with one attached hydrogen (secondary N) is 1. The molecular weight excluding hydrogens is 256 g/mol. The highest BCUT2D eigenvalue weighted by atomic mass is 16.6. The molecule has 0 saturated heterocycles. The van der Waals surface area contributed by atoms with E-state index in [4.69, 9.17) is 0 Å². The summed E-state index contributed by atoms with van der Waals surface area (Å²) in [7, 11) is 0. The normalized spacial score (nSPS) is 12.7. The van der Waals surface area contributed by atoms with Crippen LogP contribution in [0, 0.1) is 23.0 Å². The average Bonchev–Trinajstić information content (AvgIpc) is 2.63. The van der Waals surface area contributed by atoms with Crippen LogP contribution in [-0.4, -0.2) is 20.7 Å². The van der Waals surface area contributed by atoms with Crippen molar-refractivity contribution < 1.29 is 4.92 Å². The first-order chi connectivity index (χ1) is 9.36. The Bertz CT molecular complexity index is 454. The Morgan fingerprint density at radius 1 is 1.35 bits per heavy atom. The molecule has 1 N–H and O–H groups in total. The standard InChI is InChI=1S/C14H26N4O2/c1-6-9-17-14(13(18(19)20)12(5)16-17)15-11(4)8-7-10(2)3/h10-11,15H,6-9H2,1-5H3. The summed E-state index contributed by atoms with van der Waals surface area (Å²) in [5, 5.41) is 18.8. The van der Waals surface area contributed by atoms with Gasteiger partial charge >= 0.3 is 5.69 Å². The molecule has 1 heterocycles. The highest BCUT2D eigenvalue weighted by Gasteiger charge is 2.25. The molecule has 1 unspecified atom stereocenters. The average molecular weight is 282 g/mol. The summed E-state index contributed by atoms with van der Waals surface area (Å²) in [5.74, 6) is 1.18. The fourth-order valence-electron chi connectivity index (χ4n) is 2.20. The van der Waals surface area contributed by atoms with Crippen molar-refractivity contribution in [1.82, 2.24) is 9.78 Å². The quantitative estimate of drug-likeness (QED) is 0.582. The largest absolute Gasteiger partial charge is 0.362 e. The van der Waals surface area contributed by atoms with Crippen LogP contribution >= 0.6 is 0 Å². The van der Waals surface area contributed by atoms with Crippen molar-refractivity contribution in [3.8, 4) is 0 Å². The van der Waals surface area contributed by atoms with Crippen LogP contribution in [0.4, 0.5) is 11.5 Å². The predicted octanol–water partition coefficient (Wildman–Crippen LogP) is 3.75. The van der Waals surface area contributed by atoms with Crippen LogP contribution in [-0.2, 0) is 6.54 Å². The molecule has 1 atom stereocenters. The monoisotopic (exact) mass is 282 g/mol. The number of anilines is 1. The Morgan fingerprint density at radius 2 is 2.00 bits per heavy atom. The van der Waals surface area contributed by atoms with Crippen LogP contribution in [0.2, 0.25) is 0 Å². The molecule has 0 bridgehead atoms. The lowest BCUT2D eigenvalue weighted by molar-refractivity contribution is -0.384. The van der Waals surface area contributed by atoms with E-state index in [1.165, 1.54) is 0 Å². The predicted molar refractivity (Wildman–Crippen MR) is 81.1 cm³/mol. The van der Waals surface area contributed by atoms with Crippen molar-refractivity contribution >= 4 is 11.5 Å². The first-order valence-electron chi connectivity index (χ1n) is 7.35. The van der Waals surface area contributed by atoms with E-state index in [0.29, 0.717) is 24.0 Å². The molecule has 0 aromatic carbocycles. The summed E-state index contributed by atoms with van der Waals surface area (Å²) in [4.78, 5) is 10.9. The van der Waals surface area contributed by atoms with Gasteiger partial charge in [-0.2, -0.15) is 5.10 Å². The van der Waals surface area contributed by atoms with E-state index >= 15 is 0 Å².